The number of hydrogen-bond acceptors (Lipinski definition) is 7. The van der Waals surface area contributed by atoms with Crippen LogP contribution in [-0.2, 0) is 10.8 Å². The van der Waals surface area contributed by atoms with Gasteiger partial charge >= 0.3 is 0 Å². The highest BCUT2D eigenvalue weighted by Crippen LogP contribution is 2.29. The minimum absolute atomic E-state index is 0.288. The molecule has 0 amide bonds. The molecule has 0 spiro atoms. The summed E-state index contributed by atoms with van der Waals surface area (Å²) in [6.45, 7) is 2.17. The standard InChI is InChI=1S/C21H19N5O2S/c1-14-19(21-26-25-20(28-21)15-7-3-2-4-8-15)24-17(13-23-14)16-9-5-6-10-18(16)29(27)12-11-22/h2-10,13H,11-12,22H2,1H3. The smallest absolute Gasteiger partial charge is 0.268 e. The van der Waals surface area contributed by atoms with Crippen LogP contribution >= 0.6 is 0 Å². The fourth-order valence-corrected chi connectivity index (χ4v) is 3.97. The normalized spacial score (nSPS) is 12.1. The molecule has 8 heteroatoms. The molecule has 2 aromatic heterocycles. The van der Waals surface area contributed by atoms with Gasteiger partial charge in [-0.3, -0.25) is 9.19 Å². The fraction of sp³-hybridized carbons (Fsp3) is 0.143. The van der Waals surface area contributed by atoms with Gasteiger partial charge in [-0.15, -0.1) is 10.2 Å². The van der Waals surface area contributed by atoms with Gasteiger partial charge in [-0.05, 0) is 25.1 Å². The lowest BCUT2D eigenvalue weighted by Gasteiger charge is -2.09. The Kier molecular flexibility index (Phi) is 5.55. The molecular weight excluding hydrogens is 386 g/mol. The first-order chi connectivity index (χ1) is 14.2. The highest BCUT2D eigenvalue weighted by atomic mass is 32.2. The minimum Gasteiger partial charge on any atom is -0.415 e. The molecule has 4 aromatic rings. The fourth-order valence-electron chi connectivity index (χ4n) is 2.89. The van der Waals surface area contributed by atoms with Crippen molar-refractivity contribution in [3.05, 3.63) is 66.5 Å². The topological polar surface area (TPSA) is 108 Å². The zero-order chi connectivity index (χ0) is 20.2. The summed E-state index contributed by atoms with van der Waals surface area (Å²) in [6, 6.07) is 16.9. The number of nitrogens with two attached hydrogens (primary N) is 1. The molecule has 0 aliphatic rings. The second-order valence-corrected chi connectivity index (χ2v) is 7.84. The Morgan fingerprint density at radius 2 is 1.72 bits per heavy atom. The molecule has 7 nitrogen and oxygen atoms in total. The molecule has 4 rings (SSSR count). The van der Waals surface area contributed by atoms with Crippen molar-refractivity contribution in [1.82, 2.24) is 20.2 Å². The van der Waals surface area contributed by atoms with Crippen LogP contribution in [0.2, 0.25) is 0 Å². The lowest BCUT2D eigenvalue weighted by molar-refractivity contribution is 0.581. The molecule has 0 saturated carbocycles. The van der Waals surface area contributed by atoms with Gasteiger partial charge in [0.1, 0.15) is 5.69 Å². The third kappa shape index (κ3) is 3.98. The van der Waals surface area contributed by atoms with Gasteiger partial charge in [0, 0.05) is 28.3 Å². The van der Waals surface area contributed by atoms with Crippen molar-refractivity contribution >= 4 is 10.8 Å². The Balaban J connectivity index is 1.75. The van der Waals surface area contributed by atoms with Gasteiger partial charge in [0.15, 0.2) is 0 Å². The van der Waals surface area contributed by atoms with Crippen molar-refractivity contribution in [3.8, 4) is 34.3 Å². The molecule has 1 atom stereocenters. The molecule has 146 valence electrons. The molecule has 0 saturated heterocycles. The van der Waals surface area contributed by atoms with E-state index in [2.05, 4.69) is 15.2 Å². The quantitative estimate of drug-likeness (QED) is 0.524. The highest BCUT2D eigenvalue weighted by Gasteiger charge is 2.18. The first kappa shape index (κ1) is 19.1. The molecule has 29 heavy (non-hydrogen) atoms. The molecule has 0 bridgehead atoms. The van der Waals surface area contributed by atoms with Crippen LogP contribution in [0.1, 0.15) is 5.69 Å². The van der Waals surface area contributed by atoms with E-state index in [0.717, 1.165) is 11.1 Å². The third-order valence-corrected chi connectivity index (χ3v) is 5.77. The maximum atomic E-state index is 12.6. The zero-order valence-corrected chi connectivity index (χ0v) is 16.6. The molecule has 2 heterocycles. The summed E-state index contributed by atoms with van der Waals surface area (Å²) in [5, 5.41) is 8.28. The van der Waals surface area contributed by atoms with Crippen molar-refractivity contribution < 1.29 is 8.63 Å². The van der Waals surface area contributed by atoms with Crippen LogP contribution in [0.15, 0.2) is 70.1 Å². The van der Waals surface area contributed by atoms with E-state index in [4.69, 9.17) is 15.1 Å². The second-order valence-electron chi connectivity index (χ2n) is 6.30. The third-order valence-electron chi connectivity index (χ3n) is 4.32. The SMILES string of the molecule is Cc1ncc(-c2ccccc2S(=O)CCN)nc1-c1nnc(-c2ccccc2)o1. The lowest BCUT2D eigenvalue weighted by Crippen LogP contribution is -2.11. The molecule has 0 fully saturated rings. The van der Waals surface area contributed by atoms with Gasteiger partial charge in [-0.25, -0.2) is 4.98 Å². The van der Waals surface area contributed by atoms with Crippen LogP contribution in [0.4, 0.5) is 0 Å². The minimum atomic E-state index is -1.22. The van der Waals surface area contributed by atoms with Crippen LogP contribution in [0.5, 0.6) is 0 Å². The predicted molar refractivity (Wildman–Crippen MR) is 111 cm³/mol. The van der Waals surface area contributed by atoms with Crippen LogP contribution in [0, 0.1) is 6.92 Å². The maximum Gasteiger partial charge on any atom is 0.268 e. The zero-order valence-electron chi connectivity index (χ0n) is 15.8. The van der Waals surface area contributed by atoms with Crippen molar-refractivity contribution in [2.24, 2.45) is 5.73 Å². The highest BCUT2D eigenvalue weighted by molar-refractivity contribution is 7.85. The van der Waals surface area contributed by atoms with E-state index >= 15 is 0 Å². The van der Waals surface area contributed by atoms with Gasteiger partial charge in [-0.2, -0.15) is 0 Å². The average Bonchev–Trinajstić information content (AvgIpc) is 3.25. The van der Waals surface area contributed by atoms with Gasteiger partial charge in [0.05, 0.1) is 28.4 Å². The van der Waals surface area contributed by atoms with Crippen molar-refractivity contribution in [3.63, 3.8) is 0 Å². The van der Waals surface area contributed by atoms with Gasteiger partial charge in [-0.1, -0.05) is 36.4 Å². The summed E-state index contributed by atoms with van der Waals surface area (Å²) < 4.78 is 18.4. The number of hydrogen-bond donors (Lipinski definition) is 1. The average molecular weight is 405 g/mol. The predicted octanol–water partition coefficient (Wildman–Crippen LogP) is 3.24. The Morgan fingerprint density at radius 1 is 1.00 bits per heavy atom. The first-order valence-corrected chi connectivity index (χ1v) is 10.4. The van der Waals surface area contributed by atoms with E-state index in [1.807, 2.05) is 61.5 Å². The molecule has 0 radical (unpaired) electrons. The van der Waals surface area contributed by atoms with Crippen molar-refractivity contribution in [2.45, 2.75) is 11.8 Å². The largest absolute Gasteiger partial charge is 0.415 e. The van der Waals surface area contributed by atoms with Gasteiger partial charge in [0.25, 0.3) is 5.89 Å². The van der Waals surface area contributed by atoms with E-state index in [1.54, 1.807) is 6.20 Å². The van der Waals surface area contributed by atoms with Crippen LogP contribution in [0.25, 0.3) is 34.3 Å². The second kappa shape index (κ2) is 8.42. The number of rotatable bonds is 6. The van der Waals surface area contributed by atoms with Crippen molar-refractivity contribution in [2.75, 3.05) is 12.3 Å². The van der Waals surface area contributed by atoms with Gasteiger partial charge in [0.2, 0.25) is 5.89 Å². The summed E-state index contributed by atoms with van der Waals surface area (Å²) >= 11 is 0. The van der Waals surface area contributed by atoms with E-state index in [-0.39, 0.29) is 5.89 Å². The summed E-state index contributed by atoms with van der Waals surface area (Å²) in [6.07, 6.45) is 1.66. The number of aromatic nitrogens is 4. The van der Waals surface area contributed by atoms with E-state index < -0.39 is 10.8 Å². The van der Waals surface area contributed by atoms with Crippen LogP contribution < -0.4 is 5.73 Å². The Labute approximate surface area is 170 Å². The maximum absolute atomic E-state index is 12.6. The molecule has 2 aromatic carbocycles. The molecule has 0 aliphatic carbocycles. The summed E-state index contributed by atoms with van der Waals surface area (Å²) in [5.41, 5.74) is 8.90. The Hall–Kier alpha value is -3.23. The van der Waals surface area contributed by atoms with E-state index in [9.17, 15) is 4.21 Å². The van der Waals surface area contributed by atoms with E-state index in [0.29, 0.717) is 40.2 Å². The molecule has 0 aliphatic heterocycles. The van der Waals surface area contributed by atoms with E-state index in [1.165, 1.54) is 0 Å². The Morgan fingerprint density at radius 3 is 2.52 bits per heavy atom. The van der Waals surface area contributed by atoms with Crippen LogP contribution in [-0.4, -0.2) is 36.7 Å². The summed E-state index contributed by atoms with van der Waals surface area (Å²) in [5.74, 6) is 1.08. The van der Waals surface area contributed by atoms with Crippen molar-refractivity contribution in [1.29, 1.82) is 0 Å². The van der Waals surface area contributed by atoms with Gasteiger partial charge < -0.3 is 10.2 Å². The Bertz CT molecular complexity index is 1160. The first-order valence-electron chi connectivity index (χ1n) is 9.08. The lowest BCUT2D eigenvalue weighted by atomic mass is 10.1. The molecule has 1 unspecified atom stereocenters. The number of aryl methyl sites for hydroxylation is 1. The molecular formula is C21H19N5O2S. The number of nitrogens with zero attached hydrogens (tertiary/aromatic N) is 4. The van der Waals surface area contributed by atoms with Crippen LogP contribution in [0.3, 0.4) is 0 Å². The monoisotopic (exact) mass is 405 g/mol. The number of benzene rings is 2. The molecule has 2 N–H and O–H groups in total. The summed E-state index contributed by atoms with van der Waals surface area (Å²) in [4.78, 5) is 9.82. The summed E-state index contributed by atoms with van der Waals surface area (Å²) in [7, 11) is -1.22.